The number of carboxylic acid groups (broad SMARTS) is 1. The van der Waals surface area contributed by atoms with Gasteiger partial charge in [0.25, 0.3) is 0 Å². The Morgan fingerprint density at radius 1 is 1.50 bits per heavy atom. The third-order valence-electron chi connectivity index (χ3n) is 3.45. The fourth-order valence-corrected chi connectivity index (χ4v) is 2.24. The maximum atomic E-state index is 11.8. The van der Waals surface area contributed by atoms with Gasteiger partial charge in [-0.05, 0) is 12.8 Å². The molecule has 1 aliphatic carbocycles. The Kier molecular flexibility index (Phi) is 4.37. The maximum absolute atomic E-state index is 11.8. The van der Waals surface area contributed by atoms with Crippen LogP contribution in [0.25, 0.3) is 0 Å². The lowest BCUT2D eigenvalue weighted by Gasteiger charge is -2.17. The fourth-order valence-electron chi connectivity index (χ4n) is 2.24. The number of carbonyl (C=O) groups is 2. The summed E-state index contributed by atoms with van der Waals surface area (Å²) in [5.74, 6) is -1.61. The number of amides is 1. The van der Waals surface area contributed by atoms with Crippen LogP contribution < -0.4 is 10.6 Å². The summed E-state index contributed by atoms with van der Waals surface area (Å²) >= 11 is 0. The van der Waals surface area contributed by atoms with Crippen molar-refractivity contribution in [2.24, 2.45) is 5.92 Å². The molecule has 4 N–H and O–H groups in total. The number of aliphatic carboxylic acids is 1. The molecule has 6 nitrogen and oxygen atoms in total. The Morgan fingerprint density at radius 3 is 2.56 bits per heavy atom. The lowest BCUT2D eigenvalue weighted by molar-refractivity contribution is -0.143. The molecule has 0 bridgehead atoms. The standard InChI is InChI=1S/C11H16N2O4.ClH/c1-2-6-4-11(6,10(16)17)13-9(15)8-3-7(14)5-12-8;/h2,6-8,12,14H,1,3-5H2,(H,13,15)(H,16,17);1H/t6?,7-,8?,11?;/m1./s1. The molecule has 2 rings (SSSR count). The highest BCUT2D eigenvalue weighted by molar-refractivity contribution is 5.92. The molecule has 1 saturated carbocycles. The van der Waals surface area contributed by atoms with E-state index < -0.39 is 23.7 Å². The van der Waals surface area contributed by atoms with Gasteiger partial charge in [-0.2, -0.15) is 0 Å². The summed E-state index contributed by atoms with van der Waals surface area (Å²) in [6.45, 7) is 3.91. The van der Waals surface area contributed by atoms with Gasteiger partial charge < -0.3 is 20.8 Å². The van der Waals surface area contributed by atoms with Gasteiger partial charge in [-0.25, -0.2) is 4.79 Å². The van der Waals surface area contributed by atoms with Crippen molar-refractivity contribution in [3.63, 3.8) is 0 Å². The number of aliphatic hydroxyl groups is 1. The van der Waals surface area contributed by atoms with E-state index >= 15 is 0 Å². The average Bonchev–Trinajstić information content (AvgIpc) is 2.82. The summed E-state index contributed by atoms with van der Waals surface area (Å²) in [7, 11) is 0. The van der Waals surface area contributed by atoms with Crippen molar-refractivity contribution < 1.29 is 19.8 Å². The number of carbonyl (C=O) groups excluding carboxylic acids is 1. The summed E-state index contributed by atoms with van der Waals surface area (Å²) in [4.78, 5) is 23.0. The molecule has 7 heteroatoms. The number of halogens is 1. The van der Waals surface area contributed by atoms with E-state index in [1.165, 1.54) is 0 Å². The van der Waals surface area contributed by atoms with Gasteiger partial charge in [0.05, 0.1) is 12.1 Å². The molecule has 0 aromatic heterocycles. The number of aliphatic hydroxyl groups excluding tert-OH is 1. The van der Waals surface area contributed by atoms with Gasteiger partial charge in [0, 0.05) is 12.5 Å². The van der Waals surface area contributed by atoms with Crippen molar-refractivity contribution in [2.75, 3.05) is 6.54 Å². The summed E-state index contributed by atoms with van der Waals surface area (Å²) in [5, 5.41) is 23.8. The zero-order valence-electron chi connectivity index (χ0n) is 9.76. The van der Waals surface area contributed by atoms with Crippen molar-refractivity contribution in [1.29, 1.82) is 0 Å². The third-order valence-corrected chi connectivity index (χ3v) is 3.45. The van der Waals surface area contributed by atoms with Crippen LogP contribution in [0.1, 0.15) is 12.8 Å². The Hall–Kier alpha value is -1.11. The number of nitrogens with one attached hydrogen (secondary N) is 2. The molecule has 4 atom stereocenters. The van der Waals surface area contributed by atoms with Crippen LogP contribution in [-0.4, -0.2) is 46.3 Å². The lowest BCUT2D eigenvalue weighted by atomic mass is 10.1. The van der Waals surface area contributed by atoms with E-state index in [2.05, 4.69) is 17.2 Å². The zero-order chi connectivity index (χ0) is 12.6. The van der Waals surface area contributed by atoms with Gasteiger partial charge in [0.15, 0.2) is 0 Å². The van der Waals surface area contributed by atoms with Crippen LogP contribution in [0, 0.1) is 5.92 Å². The van der Waals surface area contributed by atoms with Crippen LogP contribution in [0.5, 0.6) is 0 Å². The van der Waals surface area contributed by atoms with Crippen LogP contribution in [0.4, 0.5) is 0 Å². The molecule has 1 heterocycles. The van der Waals surface area contributed by atoms with Gasteiger partial charge in [-0.15, -0.1) is 19.0 Å². The highest BCUT2D eigenvalue weighted by Gasteiger charge is 2.60. The average molecular weight is 277 g/mol. The molecule has 0 radical (unpaired) electrons. The molecule has 102 valence electrons. The molecule has 18 heavy (non-hydrogen) atoms. The van der Waals surface area contributed by atoms with Crippen molar-refractivity contribution in [3.8, 4) is 0 Å². The monoisotopic (exact) mass is 276 g/mol. The predicted molar refractivity (Wildman–Crippen MR) is 66.5 cm³/mol. The third kappa shape index (κ3) is 2.50. The summed E-state index contributed by atoms with van der Waals surface area (Å²) < 4.78 is 0. The largest absolute Gasteiger partial charge is 0.479 e. The van der Waals surface area contributed by atoms with Crippen molar-refractivity contribution in [2.45, 2.75) is 30.5 Å². The number of carboxylic acids is 1. The molecule has 1 aliphatic heterocycles. The second-order valence-corrected chi connectivity index (χ2v) is 4.66. The first-order chi connectivity index (χ1) is 7.99. The van der Waals surface area contributed by atoms with E-state index in [0.29, 0.717) is 19.4 Å². The van der Waals surface area contributed by atoms with Gasteiger partial charge in [0.2, 0.25) is 5.91 Å². The highest BCUT2D eigenvalue weighted by atomic mass is 35.5. The smallest absolute Gasteiger partial charge is 0.330 e. The number of hydrogen-bond acceptors (Lipinski definition) is 4. The molecule has 0 spiro atoms. The van der Waals surface area contributed by atoms with Gasteiger partial charge in [-0.3, -0.25) is 4.79 Å². The van der Waals surface area contributed by atoms with E-state index in [9.17, 15) is 14.7 Å². The van der Waals surface area contributed by atoms with Gasteiger partial charge >= 0.3 is 5.97 Å². The second kappa shape index (κ2) is 5.26. The predicted octanol–water partition coefficient (Wildman–Crippen LogP) is -0.723. The minimum absolute atomic E-state index is 0. The first-order valence-corrected chi connectivity index (χ1v) is 5.59. The first kappa shape index (κ1) is 14.9. The Labute approximate surface area is 111 Å². The normalized spacial score (nSPS) is 37.5. The second-order valence-electron chi connectivity index (χ2n) is 4.66. The number of rotatable bonds is 4. The van der Waals surface area contributed by atoms with Crippen molar-refractivity contribution in [1.82, 2.24) is 10.6 Å². The maximum Gasteiger partial charge on any atom is 0.330 e. The van der Waals surface area contributed by atoms with Crippen LogP contribution in [0.3, 0.4) is 0 Å². The first-order valence-electron chi connectivity index (χ1n) is 5.59. The minimum atomic E-state index is -1.19. The molecule has 1 amide bonds. The topological polar surface area (TPSA) is 98.7 Å². The molecule has 2 fully saturated rings. The quantitative estimate of drug-likeness (QED) is 0.508. The molecule has 3 unspecified atom stereocenters. The van der Waals surface area contributed by atoms with E-state index in [0.717, 1.165) is 0 Å². The van der Waals surface area contributed by atoms with Gasteiger partial charge in [0.1, 0.15) is 5.54 Å². The van der Waals surface area contributed by atoms with E-state index in [4.69, 9.17) is 5.11 Å². The van der Waals surface area contributed by atoms with Crippen LogP contribution in [0.15, 0.2) is 12.7 Å². The molecule has 1 saturated heterocycles. The summed E-state index contributed by atoms with van der Waals surface area (Å²) in [6, 6.07) is -0.507. The Morgan fingerprint density at radius 2 is 2.17 bits per heavy atom. The fraction of sp³-hybridized carbons (Fsp3) is 0.636. The molecule has 0 aromatic carbocycles. The van der Waals surface area contributed by atoms with Crippen LogP contribution >= 0.6 is 12.4 Å². The molecule has 2 aliphatic rings. The number of hydrogen-bond donors (Lipinski definition) is 4. The summed E-state index contributed by atoms with van der Waals surface area (Å²) in [6.07, 6.45) is 1.71. The lowest BCUT2D eigenvalue weighted by Crippen LogP contribution is -2.51. The van der Waals surface area contributed by atoms with Crippen molar-refractivity contribution in [3.05, 3.63) is 12.7 Å². The van der Waals surface area contributed by atoms with E-state index in [1.807, 2.05) is 0 Å². The SMILES string of the molecule is C=CC1CC1(NC(=O)C1C[C@@H](O)CN1)C(=O)O.Cl. The van der Waals surface area contributed by atoms with Gasteiger partial charge in [-0.1, -0.05) is 6.08 Å². The Balaban J connectivity index is 0.00000162. The Bertz CT molecular complexity index is 376. The molecular formula is C11H17ClN2O4. The van der Waals surface area contributed by atoms with E-state index in [-0.39, 0.29) is 24.2 Å². The minimum Gasteiger partial charge on any atom is -0.479 e. The molecular weight excluding hydrogens is 260 g/mol. The highest BCUT2D eigenvalue weighted by Crippen LogP contribution is 2.44. The van der Waals surface area contributed by atoms with Crippen LogP contribution in [-0.2, 0) is 9.59 Å². The molecule has 0 aromatic rings. The van der Waals surface area contributed by atoms with Crippen molar-refractivity contribution >= 4 is 24.3 Å². The number of β-amino-alcohol motifs (C(OH)–C–C–N with tert-alkyl or cyclic N) is 1. The van der Waals surface area contributed by atoms with E-state index in [1.54, 1.807) is 6.08 Å². The zero-order valence-corrected chi connectivity index (χ0v) is 10.6. The summed E-state index contributed by atoms with van der Waals surface area (Å²) in [5.41, 5.74) is -1.19. The van der Waals surface area contributed by atoms with Crippen LogP contribution in [0.2, 0.25) is 0 Å².